The van der Waals surface area contributed by atoms with E-state index in [1.165, 1.54) is 5.56 Å². The standard InChI is InChI=1S/C29H23N3O2/c33-28(31-18-8-11-21-9-4-6-14-25(21)31)17-16-23-20-32(24-12-2-1-3-13-24)30-29(23)27-19-22-10-5-7-15-26(22)34-27/h1-7,9-10,12-17,19-20H,8,11,18H2. The molecular formula is C29H23N3O2. The molecule has 5 nitrogen and oxygen atoms in total. The lowest BCUT2D eigenvalue weighted by molar-refractivity contribution is -0.114. The average Bonchev–Trinajstić information content (AvgIpc) is 3.52. The Labute approximate surface area is 197 Å². The molecule has 1 aliphatic heterocycles. The summed E-state index contributed by atoms with van der Waals surface area (Å²) in [6, 6.07) is 28.0. The summed E-state index contributed by atoms with van der Waals surface area (Å²) in [5, 5.41) is 5.84. The number of para-hydroxylation sites is 3. The molecule has 1 aliphatic rings. The van der Waals surface area contributed by atoms with Gasteiger partial charge in [-0.1, -0.05) is 54.6 Å². The predicted molar refractivity (Wildman–Crippen MR) is 135 cm³/mol. The van der Waals surface area contributed by atoms with Crippen molar-refractivity contribution in [1.29, 1.82) is 0 Å². The van der Waals surface area contributed by atoms with E-state index in [0.717, 1.165) is 47.3 Å². The van der Waals surface area contributed by atoms with Crippen LogP contribution in [-0.4, -0.2) is 22.2 Å². The molecule has 0 fully saturated rings. The highest BCUT2D eigenvalue weighted by Gasteiger charge is 2.21. The predicted octanol–water partition coefficient (Wildman–Crippen LogP) is 6.28. The molecule has 0 bridgehead atoms. The quantitative estimate of drug-likeness (QED) is 0.306. The van der Waals surface area contributed by atoms with Gasteiger partial charge in [0.15, 0.2) is 5.76 Å². The van der Waals surface area contributed by atoms with Crippen molar-refractivity contribution in [2.24, 2.45) is 0 Å². The SMILES string of the molecule is O=C(C=Cc1cn(-c2ccccc2)nc1-c1cc2ccccc2o1)N1CCCc2ccccc21. The number of aryl methyl sites for hydroxylation is 1. The van der Waals surface area contributed by atoms with Crippen LogP contribution < -0.4 is 4.90 Å². The minimum atomic E-state index is -0.0323. The van der Waals surface area contributed by atoms with E-state index in [4.69, 9.17) is 9.52 Å². The van der Waals surface area contributed by atoms with Gasteiger partial charge >= 0.3 is 0 Å². The maximum absolute atomic E-state index is 13.2. The normalized spacial score (nSPS) is 13.5. The van der Waals surface area contributed by atoms with Crippen molar-refractivity contribution in [3.8, 4) is 17.1 Å². The van der Waals surface area contributed by atoms with Crippen molar-refractivity contribution in [2.75, 3.05) is 11.4 Å². The number of hydrogen-bond donors (Lipinski definition) is 0. The second kappa shape index (κ2) is 8.52. The number of rotatable bonds is 4. The molecule has 0 aliphatic carbocycles. The molecule has 5 heteroatoms. The lowest BCUT2D eigenvalue weighted by Gasteiger charge is -2.28. The Bertz CT molecular complexity index is 1480. The zero-order chi connectivity index (χ0) is 22.9. The minimum Gasteiger partial charge on any atom is -0.454 e. The van der Waals surface area contributed by atoms with Crippen LogP contribution >= 0.6 is 0 Å². The van der Waals surface area contributed by atoms with Gasteiger partial charge in [0.1, 0.15) is 11.3 Å². The van der Waals surface area contributed by atoms with Crippen LogP contribution in [0.3, 0.4) is 0 Å². The zero-order valence-corrected chi connectivity index (χ0v) is 18.6. The second-order valence-corrected chi connectivity index (χ2v) is 8.42. The van der Waals surface area contributed by atoms with Gasteiger partial charge in [0, 0.05) is 35.5 Å². The number of anilines is 1. The van der Waals surface area contributed by atoms with E-state index < -0.39 is 0 Å². The van der Waals surface area contributed by atoms with Gasteiger partial charge in [0.2, 0.25) is 0 Å². The number of furan rings is 1. The van der Waals surface area contributed by atoms with Gasteiger partial charge in [-0.25, -0.2) is 4.68 Å². The van der Waals surface area contributed by atoms with Crippen LogP contribution in [0.25, 0.3) is 34.2 Å². The smallest absolute Gasteiger partial charge is 0.250 e. The van der Waals surface area contributed by atoms with Crippen molar-refractivity contribution >= 4 is 28.6 Å². The fraction of sp³-hybridized carbons (Fsp3) is 0.103. The summed E-state index contributed by atoms with van der Waals surface area (Å²) in [7, 11) is 0. The lowest BCUT2D eigenvalue weighted by atomic mass is 10.0. The van der Waals surface area contributed by atoms with Crippen molar-refractivity contribution < 1.29 is 9.21 Å². The first-order chi connectivity index (χ1) is 16.8. The second-order valence-electron chi connectivity index (χ2n) is 8.42. The number of nitrogens with zero attached hydrogens (tertiary/aromatic N) is 3. The largest absolute Gasteiger partial charge is 0.454 e. The highest BCUT2D eigenvalue weighted by atomic mass is 16.3. The van der Waals surface area contributed by atoms with E-state index in [9.17, 15) is 4.79 Å². The van der Waals surface area contributed by atoms with E-state index >= 15 is 0 Å². The van der Waals surface area contributed by atoms with Gasteiger partial charge in [-0.2, -0.15) is 5.10 Å². The zero-order valence-electron chi connectivity index (χ0n) is 18.6. The Kier molecular flexibility index (Phi) is 5.07. The Morgan fingerprint density at radius 1 is 0.941 bits per heavy atom. The molecule has 6 rings (SSSR count). The monoisotopic (exact) mass is 445 g/mol. The molecule has 0 saturated heterocycles. The van der Waals surface area contributed by atoms with Gasteiger partial charge in [-0.05, 0) is 54.8 Å². The highest BCUT2D eigenvalue weighted by molar-refractivity contribution is 6.05. The maximum Gasteiger partial charge on any atom is 0.250 e. The van der Waals surface area contributed by atoms with Crippen LogP contribution in [-0.2, 0) is 11.2 Å². The Morgan fingerprint density at radius 3 is 2.62 bits per heavy atom. The number of carbonyl (C=O) groups excluding carboxylic acids is 1. The first-order valence-corrected chi connectivity index (χ1v) is 11.5. The first-order valence-electron chi connectivity index (χ1n) is 11.5. The summed E-state index contributed by atoms with van der Waals surface area (Å²) < 4.78 is 7.93. The third-order valence-corrected chi connectivity index (χ3v) is 6.20. The number of carbonyl (C=O) groups is 1. The molecule has 166 valence electrons. The van der Waals surface area contributed by atoms with Crippen LogP contribution in [0.5, 0.6) is 0 Å². The fourth-order valence-electron chi connectivity index (χ4n) is 4.53. The topological polar surface area (TPSA) is 51.3 Å². The molecule has 3 aromatic carbocycles. The molecule has 2 aromatic heterocycles. The Hall–Kier alpha value is -4.38. The molecule has 0 spiro atoms. The van der Waals surface area contributed by atoms with Crippen LogP contribution in [0, 0.1) is 0 Å². The molecule has 5 aromatic rings. The summed E-state index contributed by atoms with van der Waals surface area (Å²) in [5.74, 6) is 0.640. The molecule has 1 amide bonds. The molecule has 0 radical (unpaired) electrons. The number of hydrogen-bond acceptors (Lipinski definition) is 3. The van der Waals surface area contributed by atoms with Crippen LogP contribution in [0.1, 0.15) is 17.5 Å². The van der Waals surface area contributed by atoms with Crippen LogP contribution in [0.4, 0.5) is 5.69 Å². The lowest BCUT2D eigenvalue weighted by Crippen LogP contribution is -2.34. The first kappa shape index (κ1) is 20.2. The molecule has 34 heavy (non-hydrogen) atoms. The molecule has 3 heterocycles. The summed E-state index contributed by atoms with van der Waals surface area (Å²) in [4.78, 5) is 15.0. The van der Waals surface area contributed by atoms with Crippen molar-refractivity contribution in [3.63, 3.8) is 0 Å². The number of aromatic nitrogens is 2. The molecular weight excluding hydrogens is 422 g/mol. The van der Waals surface area contributed by atoms with Crippen LogP contribution in [0.2, 0.25) is 0 Å². The number of amides is 1. The third kappa shape index (κ3) is 3.71. The van der Waals surface area contributed by atoms with Gasteiger partial charge < -0.3 is 9.32 Å². The highest BCUT2D eigenvalue weighted by Crippen LogP contribution is 2.31. The molecule has 0 unspecified atom stereocenters. The number of fused-ring (bicyclic) bond motifs is 2. The molecule has 0 N–H and O–H groups in total. The van der Waals surface area contributed by atoms with E-state index in [0.29, 0.717) is 11.5 Å². The van der Waals surface area contributed by atoms with Crippen molar-refractivity contribution in [2.45, 2.75) is 12.8 Å². The number of benzene rings is 3. The Morgan fingerprint density at radius 2 is 1.74 bits per heavy atom. The van der Waals surface area contributed by atoms with Crippen molar-refractivity contribution in [1.82, 2.24) is 9.78 Å². The summed E-state index contributed by atoms with van der Waals surface area (Å²) in [6.07, 6.45) is 7.39. The van der Waals surface area contributed by atoms with Gasteiger partial charge in [-0.3, -0.25) is 4.79 Å². The van der Waals surface area contributed by atoms with Crippen LogP contribution in [0.15, 0.2) is 102 Å². The van der Waals surface area contributed by atoms with Gasteiger partial charge in [0.25, 0.3) is 5.91 Å². The molecule has 0 saturated carbocycles. The van der Waals surface area contributed by atoms with E-state index in [1.54, 1.807) is 6.08 Å². The summed E-state index contributed by atoms with van der Waals surface area (Å²) >= 11 is 0. The average molecular weight is 446 g/mol. The van der Waals surface area contributed by atoms with Gasteiger partial charge in [0.05, 0.1) is 5.69 Å². The van der Waals surface area contributed by atoms with Gasteiger partial charge in [-0.15, -0.1) is 0 Å². The van der Waals surface area contributed by atoms with E-state index in [2.05, 4.69) is 6.07 Å². The minimum absolute atomic E-state index is 0.0323. The van der Waals surface area contributed by atoms with E-state index in [-0.39, 0.29) is 5.91 Å². The fourth-order valence-corrected chi connectivity index (χ4v) is 4.53. The molecule has 0 atom stereocenters. The maximum atomic E-state index is 13.2. The Balaban J connectivity index is 1.39. The third-order valence-electron chi connectivity index (χ3n) is 6.20. The van der Waals surface area contributed by atoms with E-state index in [1.807, 2.05) is 101 Å². The summed E-state index contributed by atoms with van der Waals surface area (Å²) in [5.41, 5.74) is 5.49. The summed E-state index contributed by atoms with van der Waals surface area (Å²) in [6.45, 7) is 0.722. The van der Waals surface area contributed by atoms with Crippen molar-refractivity contribution in [3.05, 3.63) is 108 Å².